The van der Waals surface area contributed by atoms with E-state index in [1.54, 1.807) is 7.05 Å². The fraction of sp³-hybridized carbons (Fsp3) is 0.967. The van der Waals surface area contributed by atoms with E-state index in [2.05, 4.69) is 46.9 Å². The first-order valence-corrected chi connectivity index (χ1v) is 14.7. The Morgan fingerprint density at radius 2 is 1.67 bits per heavy atom. The van der Waals surface area contributed by atoms with E-state index in [4.69, 9.17) is 9.47 Å². The maximum absolute atomic E-state index is 12.2. The molecule has 0 aromatic rings. The van der Waals surface area contributed by atoms with Crippen molar-refractivity contribution in [2.45, 2.75) is 111 Å². The molecule has 0 aromatic heterocycles. The van der Waals surface area contributed by atoms with Gasteiger partial charge in [0.15, 0.2) is 0 Å². The Bertz CT molecular complexity index is 938. The summed E-state index contributed by atoms with van der Waals surface area (Å²) in [5, 5.41) is 25.7. The first-order valence-electron chi connectivity index (χ1n) is 14.7. The Labute approximate surface area is 217 Å². The molecule has 6 nitrogen and oxygen atoms in total. The molecule has 1 heterocycles. The van der Waals surface area contributed by atoms with E-state index < -0.39 is 12.2 Å². The van der Waals surface area contributed by atoms with E-state index in [0.29, 0.717) is 35.0 Å². The number of fused-ring (bicyclic) bond motifs is 4. The van der Waals surface area contributed by atoms with Gasteiger partial charge in [-0.15, -0.1) is 0 Å². The predicted octanol–water partition coefficient (Wildman–Crippen LogP) is 4.76. The summed E-state index contributed by atoms with van der Waals surface area (Å²) in [7, 11) is 1.57. The van der Waals surface area contributed by atoms with E-state index >= 15 is 0 Å². The molecule has 6 fully saturated rings. The van der Waals surface area contributed by atoms with Crippen LogP contribution in [0.25, 0.3) is 0 Å². The van der Waals surface area contributed by atoms with Gasteiger partial charge >= 0.3 is 6.09 Å². The maximum atomic E-state index is 12.2. The highest BCUT2D eigenvalue weighted by atomic mass is 16.6. The third kappa shape index (κ3) is 2.63. The van der Waals surface area contributed by atoms with Crippen molar-refractivity contribution in [2.24, 2.45) is 56.7 Å². The first-order chi connectivity index (χ1) is 16.8. The molecular formula is C30H49NO5. The van der Waals surface area contributed by atoms with Crippen LogP contribution in [0.5, 0.6) is 0 Å². The van der Waals surface area contributed by atoms with Crippen LogP contribution in [0.1, 0.15) is 86.5 Å². The van der Waals surface area contributed by atoms with Gasteiger partial charge in [-0.3, -0.25) is 0 Å². The number of rotatable bonds is 2. The lowest BCUT2D eigenvalue weighted by molar-refractivity contribution is -0.182. The van der Waals surface area contributed by atoms with Crippen molar-refractivity contribution in [3.63, 3.8) is 0 Å². The van der Waals surface area contributed by atoms with Crippen LogP contribution in [0.3, 0.4) is 0 Å². The summed E-state index contributed by atoms with van der Waals surface area (Å²) in [6, 6.07) is 0. The van der Waals surface area contributed by atoms with Gasteiger partial charge in [0.25, 0.3) is 0 Å². The molecule has 1 amide bonds. The maximum Gasteiger partial charge on any atom is 0.406 e. The zero-order valence-electron chi connectivity index (χ0n) is 23.5. The van der Waals surface area contributed by atoms with Crippen LogP contribution in [0, 0.1) is 56.7 Å². The Hall–Kier alpha value is -0.850. The second-order valence-corrected chi connectivity index (χ2v) is 14.8. The van der Waals surface area contributed by atoms with Gasteiger partial charge in [0.1, 0.15) is 6.61 Å². The molecule has 6 heteroatoms. The molecule has 1 aliphatic heterocycles. The number of hydrogen-bond donors (Lipinski definition) is 3. The molecule has 6 aliphatic rings. The zero-order chi connectivity index (χ0) is 26.1. The van der Waals surface area contributed by atoms with Crippen LogP contribution in [0.2, 0.25) is 0 Å². The van der Waals surface area contributed by atoms with E-state index in [0.717, 1.165) is 38.5 Å². The molecule has 1 saturated heterocycles. The largest absolute Gasteiger partial charge is 0.447 e. The van der Waals surface area contributed by atoms with Crippen LogP contribution in [-0.2, 0) is 9.47 Å². The summed E-state index contributed by atoms with van der Waals surface area (Å²) in [5.41, 5.74) is 0.377. The smallest absolute Gasteiger partial charge is 0.406 e. The van der Waals surface area contributed by atoms with Gasteiger partial charge in [0, 0.05) is 12.5 Å². The molecule has 3 N–H and O–H groups in total. The Balaban J connectivity index is 1.34. The van der Waals surface area contributed by atoms with E-state index in [1.165, 1.54) is 6.42 Å². The Kier molecular flexibility index (Phi) is 5.39. The molecule has 5 saturated carbocycles. The molecular weight excluding hydrogens is 454 g/mol. The fourth-order valence-electron chi connectivity index (χ4n) is 12.5. The average molecular weight is 504 g/mol. The standard InChI is InChI=1S/C30H49NO5/c1-16-14-18(15-35-25(34)31-7)36-23-22(16)27(5)12-13-30-17(2)29(30)11-10-21(32)26(3,4)19(29)8-9-20(30)28(27,6)24(23)33/h16-24,32-33H,8-15H2,1-7H3,(H,31,34). The molecule has 36 heavy (non-hydrogen) atoms. The topological polar surface area (TPSA) is 88.0 Å². The van der Waals surface area contributed by atoms with Crippen LogP contribution < -0.4 is 5.32 Å². The van der Waals surface area contributed by atoms with Crippen molar-refractivity contribution in [3.05, 3.63) is 0 Å². The number of ether oxygens (including phenoxy) is 2. The number of amides is 1. The second kappa shape index (κ2) is 7.63. The highest BCUT2D eigenvalue weighted by molar-refractivity contribution is 5.66. The number of hydrogen-bond acceptors (Lipinski definition) is 5. The van der Waals surface area contributed by atoms with Crippen molar-refractivity contribution in [1.29, 1.82) is 0 Å². The fourth-order valence-corrected chi connectivity index (χ4v) is 12.5. The first kappa shape index (κ1) is 25.4. The van der Waals surface area contributed by atoms with Gasteiger partial charge in [0.05, 0.1) is 24.4 Å². The van der Waals surface area contributed by atoms with E-state index in [9.17, 15) is 15.0 Å². The average Bonchev–Trinajstić information content (AvgIpc) is 3.31. The van der Waals surface area contributed by atoms with Gasteiger partial charge in [-0.25, -0.2) is 4.79 Å². The lowest BCUT2D eigenvalue weighted by Crippen LogP contribution is -2.59. The summed E-state index contributed by atoms with van der Waals surface area (Å²) in [6.07, 6.45) is 6.10. The molecule has 6 rings (SSSR count). The lowest BCUT2D eigenvalue weighted by Gasteiger charge is -2.63. The van der Waals surface area contributed by atoms with Crippen LogP contribution in [0.15, 0.2) is 0 Å². The van der Waals surface area contributed by atoms with Gasteiger partial charge < -0.3 is 25.0 Å². The van der Waals surface area contributed by atoms with Crippen molar-refractivity contribution >= 4 is 6.09 Å². The van der Waals surface area contributed by atoms with E-state index in [-0.39, 0.29) is 46.6 Å². The van der Waals surface area contributed by atoms with Gasteiger partial charge in [0.2, 0.25) is 0 Å². The number of aliphatic hydroxyl groups is 2. The Morgan fingerprint density at radius 3 is 2.36 bits per heavy atom. The molecule has 5 aliphatic carbocycles. The van der Waals surface area contributed by atoms with Crippen molar-refractivity contribution in [3.8, 4) is 0 Å². The minimum atomic E-state index is -0.511. The molecule has 0 bridgehead atoms. The molecule has 204 valence electrons. The molecule has 13 unspecified atom stereocenters. The zero-order valence-corrected chi connectivity index (χ0v) is 23.5. The number of carbonyl (C=O) groups is 1. The van der Waals surface area contributed by atoms with E-state index in [1.807, 2.05) is 0 Å². The quantitative estimate of drug-likeness (QED) is 0.506. The van der Waals surface area contributed by atoms with Crippen LogP contribution in [-0.4, -0.2) is 54.4 Å². The SMILES string of the molecule is CNC(=O)OCC1CC(C)C2C(O1)C(O)C1(C)C3CCC4C(C)(C)C(O)CCC45C(C)C35CCC21C. The number of aliphatic hydroxyl groups excluding tert-OH is 2. The van der Waals surface area contributed by atoms with Gasteiger partial charge in [-0.2, -0.15) is 0 Å². The van der Waals surface area contributed by atoms with Crippen molar-refractivity contribution < 1.29 is 24.5 Å². The summed E-state index contributed by atoms with van der Waals surface area (Å²) >= 11 is 0. The third-order valence-corrected chi connectivity index (χ3v) is 14.1. The normalized spacial score (nSPS) is 58.4. The molecule has 2 spiro atoms. The minimum Gasteiger partial charge on any atom is -0.447 e. The Morgan fingerprint density at radius 1 is 1.00 bits per heavy atom. The van der Waals surface area contributed by atoms with Gasteiger partial charge in [-0.05, 0) is 96.2 Å². The second-order valence-electron chi connectivity index (χ2n) is 14.8. The summed E-state index contributed by atoms with van der Waals surface area (Å²) in [6.45, 7) is 14.6. The monoisotopic (exact) mass is 503 g/mol. The van der Waals surface area contributed by atoms with Crippen LogP contribution >= 0.6 is 0 Å². The summed E-state index contributed by atoms with van der Waals surface area (Å²) in [4.78, 5) is 11.7. The summed E-state index contributed by atoms with van der Waals surface area (Å²) in [5.74, 6) is 2.42. The molecule has 0 aromatic carbocycles. The summed E-state index contributed by atoms with van der Waals surface area (Å²) < 4.78 is 12.0. The number of carbonyl (C=O) groups excluding carboxylic acids is 1. The highest BCUT2D eigenvalue weighted by Gasteiger charge is 2.87. The molecule has 13 atom stereocenters. The van der Waals surface area contributed by atoms with Crippen molar-refractivity contribution in [2.75, 3.05) is 13.7 Å². The van der Waals surface area contributed by atoms with Crippen molar-refractivity contribution in [1.82, 2.24) is 5.32 Å². The number of nitrogens with one attached hydrogen (secondary N) is 1. The molecule has 0 radical (unpaired) electrons. The lowest BCUT2D eigenvalue weighted by atomic mass is 9.41. The minimum absolute atomic E-state index is 0.0269. The highest BCUT2D eigenvalue weighted by Crippen LogP contribution is 2.91. The predicted molar refractivity (Wildman–Crippen MR) is 137 cm³/mol. The third-order valence-electron chi connectivity index (χ3n) is 14.1. The van der Waals surface area contributed by atoms with Gasteiger partial charge in [-0.1, -0.05) is 41.5 Å². The number of alkyl carbamates (subject to hydrolysis) is 1. The van der Waals surface area contributed by atoms with Crippen LogP contribution in [0.4, 0.5) is 4.79 Å².